The number of nitriles is 1. The predicted octanol–water partition coefficient (Wildman–Crippen LogP) is 2.32. The zero-order valence-corrected chi connectivity index (χ0v) is 10.5. The second kappa shape index (κ2) is 4.35. The Bertz CT molecular complexity index is 289. The standard InChI is InChI=1S/C13H22N2O/c1-12(2)10-13(11-14,6-9-16-12)15-7-4-3-5-8-15/h3-10H2,1-2H3. The lowest BCUT2D eigenvalue weighted by molar-refractivity contribution is -0.106. The third kappa shape index (κ3) is 2.23. The molecule has 3 heteroatoms. The summed E-state index contributed by atoms with van der Waals surface area (Å²) in [5.74, 6) is 0. The van der Waals surface area contributed by atoms with Gasteiger partial charge >= 0.3 is 0 Å². The van der Waals surface area contributed by atoms with Gasteiger partial charge < -0.3 is 4.74 Å². The number of ether oxygens (including phenoxy) is 1. The SMILES string of the molecule is CC1(C)CC(C#N)(N2CCCCC2)CCO1. The summed E-state index contributed by atoms with van der Waals surface area (Å²) in [7, 11) is 0. The monoisotopic (exact) mass is 222 g/mol. The Morgan fingerprint density at radius 2 is 1.88 bits per heavy atom. The fraction of sp³-hybridized carbons (Fsp3) is 0.923. The van der Waals surface area contributed by atoms with E-state index in [1.807, 2.05) is 0 Å². The first-order valence-corrected chi connectivity index (χ1v) is 6.38. The van der Waals surface area contributed by atoms with Crippen molar-refractivity contribution in [2.45, 2.75) is 57.1 Å². The Kier molecular flexibility index (Phi) is 3.23. The van der Waals surface area contributed by atoms with Crippen LogP contribution in [0.5, 0.6) is 0 Å². The van der Waals surface area contributed by atoms with E-state index >= 15 is 0 Å². The van der Waals surface area contributed by atoms with Gasteiger partial charge in [-0.15, -0.1) is 0 Å². The van der Waals surface area contributed by atoms with Gasteiger partial charge in [0.15, 0.2) is 0 Å². The van der Waals surface area contributed by atoms with Crippen LogP contribution in [0, 0.1) is 11.3 Å². The molecule has 2 heterocycles. The molecule has 90 valence electrons. The van der Waals surface area contributed by atoms with Gasteiger partial charge in [-0.1, -0.05) is 6.42 Å². The van der Waals surface area contributed by atoms with Crippen molar-refractivity contribution < 1.29 is 4.74 Å². The van der Waals surface area contributed by atoms with Crippen molar-refractivity contribution >= 4 is 0 Å². The van der Waals surface area contributed by atoms with E-state index in [9.17, 15) is 5.26 Å². The molecule has 0 aliphatic carbocycles. The van der Waals surface area contributed by atoms with Gasteiger partial charge in [0, 0.05) is 12.8 Å². The molecule has 1 unspecified atom stereocenters. The molecule has 0 spiro atoms. The maximum atomic E-state index is 9.58. The summed E-state index contributed by atoms with van der Waals surface area (Å²) in [5.41, 5.74) is -0.409. The lowest BCUT2D eigenvalue weighted by Gasteiger charge is -2.48. The van der Waals surface area contributed by atoms with Crippen molar-refractivity contribution in [3.05, 3.63) is 0 Å². The molecule has 16 heavy (non-hydrogen) atoms. The van der Waals surface area contributed by atoms with Crippen LogP contribution in [0.1, 0.15) is 46.0 Å². The van der Waals surface area contributed by atoms with Crippen LogP contribution in [-0.4, -0.2) is 35.7 Å². The minimum Gasteiger partial charge on any atom is -0.375 e. The Morgan fingerprint density at radius 1 is 1.19 bits per heavy atom. The molecule has 0 N–H and O–H groups in total. The van der Waals surface area contributed by atoms with Gasteiger partial charge in [0.25, 0.3) is 0 Å². The van der Waals surface area contributed by atoms with E-state index < -0.39 is 0 Å². The molecule has 2 saturated heterocycles. The van der Waals surface area contributed by atoms with Gasteiger partial charge in [-0.05, 0) is 39.8 Å². The Morgan fingerprint density at radius 3 is 2.44 bits per heavy atom. The summed E-state index contributed by atoms with van der Waals surface area (Å²) in [4.78, 5) is 2.40. The molecule has 2 aliphatic rings. The van der Waals surface area contributed by atoms with Crippen LogP contribution in [0.25, 0.3) is 0 Å². The van der Waals surface area contributed by atoms with Gasteiger partial charge in [0.1, 0.15) is 5.54 Å². The first kappa shape index (κ1) is 11.9. The molecule has 1 atom stereocenters. The number of nitrogens with zero attached hydrogens (tertiary/aromatic N) is 2. The van der Waals surface area contributed by atoms with E-state index in [1.165, 1.54) is 19.3 Å². The quantitative estimate of drug-likeness (QED) is 0.683. The molecule has 3 nitrogen and oxygen atoms in total. The van der Waals surface area contributed by atoms with Crippen LogP contribution < -0.4 is 0 Å². The van der Waals surface area contributed by atoms with Crippen LogP contribution in [-0.2, 0) is 4.74 Å². The molecule has 2 aliphatic heterocycles. The van der Waals surface area contributed by atoms with E-state index in [2.05, 4.69) is 24.8 Å². The molecule has 0 bridgehead atoms. The Labute approximate surface area is 98.4 Å². The molecule has 0 amide bonds. The summed E-state index contributed by atoms with van der Waals surface area (Å²) in [6, 6.07) is 2.59. The third-order valence-corrected chi connectivity index (χ3v) is 3.90. The van der Waals surface area contributed by atoms with Gasteiger partial charge in [0.2, 0.25) is 0 Å². The van der Waals surface area contributed by atoms with E-state index in [0.29, 0.717) is 0 Å². The highest BCUT2D eigenvalue weighted by Crippen LogP contribution is 2.37. The molecular formula is C13H22N2O. The maximum absolute atomic E-state index is 9.58. The highest BCUT2D eigenvalue weighted by atomic mass is 16.5. The molecule has 0 radical (unpaired) electrons. The van der Waals surface area contributed by atoms with E-state index in [0.717, 1.165) is 32.5 Å². The zero-order chi connectivity index (χ0) is 11.6. The Hall–Kier alpha value is -0.590. The largest absolute Gasteiger partial charge is 0.375 e. The minimum absolute atomic E-state index is 0.147. The number of likely N-dealkylation sites (tertiary alicyclic amines) is 1. The van der Waals surface area contributed by atoms with Crippen LogP contribution in [0.3, 0.4) is 0 Å². The fourth-order valence-electron chi connectivity index (χ4n) is 3.10. The maximum Gasteiger partial charge on any atom is 0.114 e. The zero-order valence-electron chi connectivity index (χ0n) is 10.5. The lowest BCUT2D eigenvalue weighted by Crippen LogP contribution is -2.57. The van der Waals surface area contributed by atoms with E-state index in [4.69, 9.17) is 4.74 Å². The van der Waals surface area contributed by atoms with Crippen molar-refractivity contribution in [2.75, 3.05) is 19.7 Å². The molecular weight excluding hydrogens is 200 g/mol. The van der Waals surface area contributed by atoms with Crippen LogP contribution in [0.2, 0.25) is 0 Å². The summed E-state index contributed by atoms with van der Waals surface area (Å²) in [6.45, 7) is 7.09. The molecule has 0 aromatic carbocycles. The van der Waals surface area contributed by atoms with Gasteiger partial charge in [0.05, 0.1) is 18.3 Å². The molecule has 0 aromatic rings. The average molecular weight is 222 g/mol. The van der Waals surface area contributed by atoms with Gasteiger partial charge in [-0.25, -0.2) is 0 Å². The molecule has 0 saturated carbocycles. The summed E-state index contributed by atoms with van der Waals surface area (Å²) in [6.07, 6.45) is 5.51. The summed E-state index contributed by atoms with van der Waals surface area (Å²) >= 11 is 0. The number of hydrogen-bond donors (Lipinski definition) is 0. The summed E-state index contributed by atoms with van der Waals surface area (Å²) in [5, 5.41) is 9.58. The normalized spacial score (nSPS) is 35.6. The van der Waals surface area contributed by atoms with Gasteiger partial charge in [-0.3, -0.25) is 4.90 Å². The second-order valence-electron chi connectivity index (χ2n) is 5.73. The number of rotatable bonds is 1. The highest BCUT2D eigenvalue weighted by Gasteiger charge is 2.45. The molecule has 0 aromatic heterocycles. The van der Waals surface area contributed by atoms with Crippen LogP contribution >= 0.6 is 0 Å². The number of piperidine rings is 1. The topological polar surface area (TPSA) is 36.3 Å². The van der Waals surface area contributed by atoms with E-state index in [-0.39, 0.29) is 11.1 Å². The third-order valence-electron chi connectivity index (χ3n) is 3.90. The Balaban J connectivity index is 2.15. The number of hydrogen-bond acceptors (Lipinski definition) is 3. The second-order valence-corrected chi connectivity index (χ2v) is 5.73. The van der Waals surface area contributed by atoms with Crippen molar-refractivity contribution in [1.82, 2.24) is 4.90 Å². The average Bonchev–Trinajstić information content (AvgIpc) is 2.29. The van der Waals surface area contributed by atoms with E-state index in [1.54, 1.807) is 0 Å². The molecule has 2 rings (SSSR count). The molecule has 2 fully saturated rings. The van der Waals surface area contributed by atoms with Gasteiger partial charge in [-0.2, -0.15) is 5.26 Å². The first-order valence-electron chi connectivity index (χ1n) is 6.38. The van der Waals surface area contributed by atoms with Crippen molar-refractivity contribution in [3.8, 4) is 6.07 Å². The fourth-order valence-corrected chi connectivity index (χ4v) is 3.10. The highest BCUT2D eigenvalue weighted by molar-refractivity contribution is 5.13. The summed E-state index contributed by atoms with van der Waals surface area (Å²) < 4.78 is 5.74. The predicted molar refractivity (Wildman–Crippen MR) is 63.0 cm³/mol. The van der Waals surface area contributed by atoms with Crippen LogP contribution in [0.4, 0.5) is 0 Å². The minimum atomic E-state index is -0.262. The van der Waals surface area contributed by atoms with Crippen molar-refractivity contribution in [2.24, 2.45) is 0 Å². The smallest absolute Gasteiger partial charge is 0.114 e. The van der Waals surface area contributed by atoms with Crippen molar-refractivity contribution in [1.29, 1.82) is 5.26 Å². The van der Waals surface area contributed by atoms with Crippen LogP contribution in [0.15, 0.2) is 0 Å². The first-order chi connectivity index (χ1) is 7.58. The van der Waals surface area contributed by atoms with Crippen molar-refractivity contribution in [3.63, 3.8) is 0 Å². The lowest BCUT2D eigenvalue weighted by atomic mass is 9.80.